The predicted molar refractivity (Wildman–Crippen MR) is 132 cm³/mol. The zero-order chi connectivity index (χ0) is 23.2. The van der Waals surface area contributed by atoms with E-state index in [4.69, 9.17) is 11.6 Å². The molecule has 0 radical (unpaired) electrons. The maximum Gasteiger partial charge on any atom is 0.244 e. The molecule has 5 rings (SSSR count). The third-order valence-electron chi connectivity index (χ3n) is 6.24. The van der Waals surface area contributed by atoms with Crippen molar-refractivity contribution < 1.29 is 8.42 Å². The summed E-state index contributed by atoms with van der Waals surface area (Å²) in [5.41, 5.74) is 4.75. The van der Waals surface area contributed by atoms with E-state index in [1.807, 2.05) is 72.9 Å². The van der Waals surface area contributed by atoms with E-state index < -0.39 is 16.1 Å². The van der Waals surface area contributed by atoms with Crippen LogP contribution in [0.4, 0.5) is 0 Å². The topological polar surface area (TPSA) is 42.3 Å². The van der Waals surface area contributed by atoms with Crippen molar-refractivity contribution >= 4 is 21.6 Å². The van der Waals surface area contributed by atoms with Gasteiger partial charge in [0.25, 0.3) is 0 Å². The largest absolute Gasteiger partial charge is 0.319 e. The lowest BCUT2D eigenvalue weighted by Crippen LogP contribution is -2.34. The second-order valence-corrected chi connectivity index (χ2v) is 11.0. The monoisotopic (exact) mass is 476 g/mol. The average molecular weight is 477 g/mol. The lowest BCUT2D eigenvalue weighted by atomic mass is 10.0. The van der Waals surface area contributed by atoms with Crippen LogP contribution in [0.15, 0.2) is 96.0 Å². The molecule has 0 unspecified atom stereocenters. The number of hydrogen-bond donors (Lipinski definition) is 0. The molecular formula is C27H25ClN2O2S. The van der Waals surface area contributed by atoms with Crippen LogP contribution in [0.2, 0.25) is 5.02 Å². The van der Waals surface area contributed by atoms with Crippen molar-refractivity contribution in [3.05, 3.63) is 119 Å². The Morgan fingerprint density at radius 1 is 0.909 bits per heavy atom. The standard InChI is InChI=1S/C27H25ClN2O2S/c1-19(2)20-12-14-24(15-13-20)33(31,32)30-18-22-7-3-4-10-25(22)29-16-6-11-26(29)27(30)21-8-5-9-23(28)17-21/h3-17,19,27H,18H2,1-2H3/t27-/m1/s1. The lowest BCUT2D eigenvalue weighted by molar-refractivity contribution is 0.353. The number of para-hydroxylation sites is 1. The molecule has 1 aromatic heterocycles. The first-order chi connectivity index (χ1) is 15.9. The number of halogens is 1. The number of benzene rings is 3. The minimum Gasteiger partial charge on any atom is -0.319 e. The highest BCUT2D eigenvalue weighted by Crippen LogP contribution is 2.40. The van der Waals surface area contributed by atoms with E-state index in [0.29, 0.717) is 10.9 Å². The molecule has 1 aliphatic heterocycles. The van der Waals surface area contributed by atoms with Crippen LogP contribution >= 0.6 is 11.6 Å². The maximum absolute atomic E-state index is 14.1. The molecule has 0 N–H and O–H groups in total. The zero-order valence-corrected chi connectivity index (χ0v) is 20.1. The highest BCUT2D eigenvalue weighted by molar-refractivity contribution is 7.89. The zero-order valence-electron chi connectivity index (χ0n) is 18.5. The maximum atomic E-state index is 14.1. The van der Waals surface area contributed by atoms with Crippen molar-refractivity contribution in [3.8, 4) is 5.69 Å². The summed E-state index contributed by atoms with van der Waals surface area (Å²) in [7, 11) is -3.82. The molecule has 0 fully saturated rings. The Morgan fingerprint density at radius 2 is 1.67 bits per heavy atom. The molecule has 3 aromatic carbocycles. The minimum absolute atomic E-state index is 0.253. The normalized spacial score (nSPS) is 16.3. The fourth-order valence-corrected chi connectivity index (χ4v) is 6.29. The Morgan fingerprint density at radius 3 is 2.39 bits per heavy atom. The molecule has 4 nitrogen and oxygen atoms in total. The molecule has 6 heteroatoms. The van der Waals surface area contributed by atoms with Gasteiger partial charge in [0.1, 0.15) is 0 Å². The summed E-state index contributed by atoms with van der Waals surface area (Å²) in [5, 5.41) is 0.575. The SMILES string of the molecule is CC(C)c1ccc(S(=O)(=O)N2Cc3ccccc3-n3cccc3[C@H]2c2cccc(Cl)c2)cc1. The van der Waals surface area contributed by atoms with E-state index in [9.17, 15) is 8.42 Å². The second kappa shape index (κ2) is 8.49. The van der Waals surface area contributed by atoms with E-state index in [1.165, 1.54) is 0 Å². The molecule has 0 saturated heterocycles. The van der Waals surface area contributed by atoms with E-state index in [2.05, 4.69) is 18.4 Å². The number of rotatable bonds is 4. The number of nitrogens with zero attached hydrogens (tertiary/aromatic N) is 2. The lowest BCUT2D eigenvalue weighted by Gasteiger charge is -2.30. The summed E-state index contributed by atoms with van der Waals surface area (Å²) >= 11 is 6.35. The molecule has 2 heterocycles. The fraction of sp³-hybridized carbons (Fsp3) is 0.185. The number of hydrogen-bond acceptors (Lipinski definition) is 2. The Hall–Kier alpha value is -2.86. The van der Waals surface area contributed by atoms with Gasteiger partial charge in [0.15, 0.2) is 0 Å². The van der Waals surface area contributed by atoms with Gasteiger partial charge in [0.05, 0.1) is 10.9 Å². The van der Waals surface area contributed by atoms with Crippen LogP contribution in [-0.4, -0.2) is 17.3 Å². The molecule has 0 aliphatic carbocycles. The highest BCUT2D eigenvalue weighted by Gasteiger charge is 2.38. The Kier molecular flexibility index (Phi) is 5.65. The van der Waals surface area contributed by atoms with Crippen molar-refractivity contribution in [2.75, 3.05) is 0 Å². The van der Waals surface area contributed by atoms with E-state index in [-0.39, 0.29) is 11.4 Å². The molecule has 0 bridgehead atoms. The van der Waals surface area contributed by atoms with E-state index in [1.54, 1.807) is 22.5 Å². The first-order valence-corrected chi connectivity index (χ1v) is 12.8. The third kappa shape index (κ3) is 3.90. The van der Waals surface area contributed by atoms with Crippen LogP contribution in [0.3, 0.4) is 0 Å². The molecule has 0 saturated carbocycles. The summed E-state index contributed by atoms with van der Waals surface area (Å²) in [4.78, 5) is 0.288. The van der Waals surface area contributed by atoms with Crippen LogP contribution in [-0.2, 0) is 16.6 Å². The highest BCUT2D eigenvalue weighted by atomic mass is 35.5. The fourth-order valence-electron chi connectivity index (χ4n) is 4.52. The van der Waals surface area contributed by atoms with Gasteiger partial charge < -0.3 is 4.57 Å². The second-order valence-electron chi connectivity index (χ2n) is 8.66. The quantitative estimate of drug-likeness (QED) is 0.335. The molecule has 4 aromatic rings. The summed E-state index contributed by atoms with van der Waals surface area (Å²) in [6.07, 6.45) is 1.99. The third-order valence-corrected chi connectivity index (χ3v) is 8.30. The number of aromatic nitrogens is 1. The van der Waals surface area contributed by atoms with Gasteiger partial charge in [-0.15, -0.1) is 0 Å². The van der Waals surface area contributed by atoms with Gasteiger partial charge in [-0.3, -0.25) is 0 Å². The smallest absolute Gasteiger partial charge is 0.244 e. The Bertz CT molecular complexity index is 1410. The van der Waals surface area contributed by atoms with Gasteiger partial charge in [-0.1, -0.05) is 67.9 Å². The van der Waals surface area contributed by atoms with Gasteiger partial charge in [0.2, 0.25) is 10.0 Å². The van der Waals surface area contributed by atoms with E-state index >= 15 is 0 Å². The molecule has 1 atom stereocenters. The van der Waals surface area contributed by atoms with E-state index in [0.717, 1.165) is 28.1 Å². The molecule has 0 amide bonds. The van der Waals surface area contributed by atoms with Crippen LogP contribution in [0, 0.1) is 0 Å². The molecule has 33 heavy (non-hydrogen) atoms. The van der Waals surface area contributed by atoms with Crippen molar-refractivity contribution in [2.24, 2.45) is 0 Å². The number of fused-ring (bicyclic) bond motifs is 3. The molecule has 0 spiro atoms. The van der Waals surface area contributed by atoms with Crippen molar-refractivity contribution in [1.82, 2.24) is 8.87 Å². The van der Waals surface area contributed by atoms with Crippen molar-refractivity contribution in [3.63, 3.8) is 0 Å². The van der Waals surface area contributed by atoms with Crippen molar-refractivity contribution in [1.29, 1.82) is 0 Å². The Labute approximate surface area is 200 Å². The van der Waals surface area contributed by atoms with Gasteiger partial charge in [-0.25, -0.2) is 8.42 Å². The van der Waals surface area contributed by atoms with Gasteiger partial charge >= 0.3 is 0 Å². The Balaban J connectivity index is 1.73. The van der Waals surface area contributed by atoms with Crippen molar-refractivity contribution in [2.45, 2.75) is 37.2 Å². The molecular weight excluding hydrogens is 452 g/mol. The first-order valence-electron chi connectivity index (χ1n) is 11.0. The predicted octanol–water partition coefficient (Wildman–Crippen LogP) is 6.55. The van der Waals surface area contributed by atoms with Crippen LogP contribution in [0.25, 0.3) is 5.69 Å². The summed E-state index contributed by atoms with van der Waals surface area (Å²) < 4.78 is 31.9. The average Bonchev–Trinajstić information content (AvgIpc) is 3.23. The molecule has 168 valence electrons. The first kappa shape index (κ1) is 22.0. The van der Waals surface area contributed by atoms with Gasteiger partial charge in [0, 0.05) is 29.1 Å². The van der Waals surface area contributed by atoms with Crippen LogP contribution in [0.1, 0.15) is 48.2 Å². The summed E-state index contributed by atoms with van der Waals surface area (Å²) in [6.45, 7) is 4.44. The number of sulfonamides is 1. The van der Waals surface area contributed by atoms with Gasteiger partial charge in [-0.05, 0) is 65.1 Å². The van der Waals surface area contributed by atoms with Crippen LogP contribution in [0.5, 0.6) is 0 Å². The molecule has 1 aliphatic rings. The minimum atomic E-state index is -3.82. The summed E-state index contributed by atoms with van der Waals surface area (Å²) in [6, 6.07) is 26.1. The van der Waals surface area contributed by atoms with Gasteiger partial charge in [-0.2, -0.15) is 4.31 Å². The summed E-state index contributed by atoms with van der Waals surface area (Å²) in [5.74, 6) is 0.328. The van der Waals surface area contributed by atoms with Crippen LogP contribution < -0.4 is 0 Å².